The van der Waals surface area contributed by atoms with Crippen molar-refractivity contribution in [1.82, 2.24) is 19.9 Å². The molecule has 0 N–H and O–H groups in total. The number of hydrogen-bond acceptors (Lipinski definition) is 5. The minimum Gasteiger partial charge on any atom is -0.437 e. The highest BCUT2D eigenvalue weighted by molar-refractivity contribution is 6.08. The van der Waals surface area contributed by atoms with E-state index in [9.17, 15) is 5.48 Å². The van der Waals surface area contributed by atoms with Gasteiger partial charge in [0.2, 0.25) is 5.71 Å². The van der Waals surface area contributed by atoms with Crippen molar-refractivity contribution in [2.45, 2.75) is 90.7 Å². The zero-order chi connectivity index (χ0) is 50.7. The van der Waals surface area contributed by atoms with E-state index in [1.165, 1.54) is 6.07 Å². The van der Waals surface area contributed by atoms with Crippen molar-refractivity contribution in [3.8, 4) is 33.8 Å². The summed E-state index contributed by atoms with van der Waals surface area (Å²) < 4.78 is 79.8. The lowest BCUT2D eigenvalue weighted by atomic mass is 9.77. The molecular formula is C58H56N4O. The number of aromatic nitrogens is 4. The summed E-state index contributed by atoms with van der Waals surface area (Å²) >= 11 is 0. The van der Waals surface area contributed by atoms with Crippen LogP contribution in [0.2, 0.25) is 0 Å². The maximum Gasteiger partial charge on any atom is 0.227 e. The van der Waals surface area contributed by atoms with Gasteiger partial charge in [-0.05, 0) is 125 Å². The van der Waals surface area contributed by atoms with Crippen molar-refractivity contribution in [1.29, 1.82) is 0 Å². The number of pyridine rings is 4. The van der Waals surface area contributed by atoms with E-state index in [2.05, 4.69) is 55.9 Å². The second kappa shape index (κ2) is 17.2. The second-order valence-electron chi connectivity index (χ2n) is 18.0. The number of aryl methyl sites for hydroxylation is 3. The lowest BCUT2D eigenvalue weighted by Gasteiger charge is -2.28. The van der Waals surface area contributed by atoms with Crippen LogP contribution in [0.1, 0.15) is 103 Å². The normalized spacial score (nSPS) is 14.8. The van der Waals surface area contributed by atoms with Crippen LogP contribution in [0, 0.1) is 6.85 Å². The zero-order valence-electron chi connectivity index (χ0n) is 44.6. The van der Waals surface area contributed by atoms with Crippen LogP contribution in [-0.4, -0.2) is 19.9 Å². The number of benzene rings is 4. The fourth-order valence-electron chi connectivity index (χ4n) is 8.41. The summed E-state index contributed by atoms with van der Waals surface area (Å²) in [4.78, 5) is 18.9. The van der Waals surface area contributed by atoms with E-state index in [0.717, 1.165) is 61.7 Å². The Hall–Kier alpha value is -6.72. The Morgan fingerprint density at radius 3 is 1.73 bits per heavy atom. The molecule has 0 spiro atoms. The van der Waals surface area contributed by atoms with Crippen LogP contribution in [0.25, 0.3) is 55.8 Å². The molecule has 4 aromatic carbocycles. The van der Waals surface area contributed by atoms with E-state index in [0.29, 0.717) is 35.4 Å². The third kappa shape index (κ3) is 8.97. The van der Waals surface area contributed by atoms with E-state index >= 15 is 0 Å². The minimum absolute atomic E-state index is 0.0760. The van der Waals surface area contributed by atoms with Gasteiger partial charge >= 0.3 is 0 Å². The number of para-hydroxylation sites is 1. The first-order chi connectivity index (χ1) is 33.4. The van der Waals surface area contributed by atoms with Gasteiger partial charge in [-0.3, -0.25) is 15.0 Å². The van der Waals surface area contributed by atoms with E-state index < -0.39 is 36.3 Å². The Kier molecular flexibility index (Phi) is 8.99. The lowest BCUT2D eigenvalue weighted by molar-refractivity contribution is 0.512. The van der Waals surface area contributed by atoms with Crippen LogP contribution in [0.4, 0.5) is 0 Å². The molecule has 5 nitrogen and oxygen atoms in total. The molecule has 63 heavy (non-hydrogen) atoms. The summed E-state index contributed by atoms with van der Waals surface area (Å²) in [7, 11) is 0. The third-order valence-electron chi connectivity index (χ3n) is 12.0. The number of nitrogens with zero attached hydrogens (tertiary/aromatic N) is 4. The highest BCUT2D eigenvalue weighted by Crippen LogP contribution is 2.37. The average molecular weight is 833 g/mol. The van der Waals surface area contributed by atoms with Crippen LogP contribution in [0.15, 0.2) is 163 Å². The maximum absolute atomic E-state index is 9.78. The zero-order valence-corrected chi connectivity index (χ0v) is 36.6. The third-order valence-corrected chi connectivity index (χ3v) is 12.0. The Labute approximate surface area is 383 Å². The Morgan fingerprint density at radius 1 is 0.587 bits per heavy atom. The quantitative estimate of drug-likeness (QED) is 0.116. The van der Waals surface area contributed by atoms with Crippen LogP contribution < -0.4 is 0 Å². The van der Waals surface area contributed by atoms with Gasteiger partial charge in [-0.25, -0.2) is 4.98 Å². The molecule has 0 unspecified atom stereocenters. The first-order valence-corrected chi connectivity index (χ1v) is 21.4. The molecule has 0 saturated carbocycles. The van der Waals surface area contributed by atoms with E-state index in [1.54, 1.807) is 44.2 Å². The topological polar surface area (TPSA) is 64.7 Å². The summed E-state index contributed by atoms with van der Waals surface area (Å²) in [6.07, 6.45) is 0.199. The van der Waals surface area contributed by atoms with Gasteiger partial charge in [0.15, 0.2) is 0 Å². The van der Waals surface area contributed by atoms with Crippen molar-refractivity contribution in [2.24, 2.45) is 0 Å². The number of hydrogen-bond donors (Lipinski definition) is 0. The molecule has 9 rings (SSSR count). The predicted molar refractivity (Wildman–Crippen MR) is 260 cm³/mol. The smallest absolute Gasteiger partial charge is 0.227 e. The first kappa shape index (κ1) is 32.9. The van der Waals surface area contributed by atoms with Crippen LogP contribution >= 0.6 is 0 Å². The first-order valence-electron chi connectivity index (χ1n) is 25.4. The highest BCUT2D eigenvalue weighted by atomic mass is 16.3. The van der Waals surface area contributed by atoms with Gasteiger partial charge in [-0.2, -0.15) is 0 Å². The minimum atomic E-state index is -2.90. The van der Waals surface area contributed by atoms with Gasteiger partial charge in [0, 0.05) is 62.7 Å². The number of rotatable bonds is 13. The molecule has 0 aliphatic rings. The summed E-state index contributed by atoms with van der Waals surface area (Å²) in [6, 6.07) is 44.0. The van der Waals surface area contributed by atoms with Crippen molar-refractivity contribution in [3.05, 3.63) is 203 Å². The highest BCUT2D eigenvalue weighted by Gasteiger charge is 2.26. The molecule has 0 radical (unpaired) electrons. The molecule has 0 bridgehead atoms. The van der Waals surface area contributed by atoms with E-state index in [1.807, 2.05) is 97.3 Å². The molecule has 0 atom stereocenters. The molecule has 0 aliphatic heterocycles. The molecule has 0 saturated heterocycles. The van der Waals surface area contributed by atoms with Crippen LogP contribution in [0.3, 0.4) is 0 Å². The summed E-state index contributed by atoms with van der Waals surface area (Å²) in [6.45, 7) is 9.09. The average Bonchev–Trinajstić information content (AvgIpc) is 3.72. The van der Waals surface area contributed by atoms with Crippen LogP contribution in [0.5, 0.6) is 0 Å². The fraction of sp³-hybridized carbons (Fsp3) is 0.241. The maximum atomic E-state index is 9.78. The number of fused-ring (bicyclic) bond motifs is 3. The molecule has 0 aliphatic carbocycles. The Bertz CT molecular complexity index is 3260. The molecule has 9 aromatic rings. The SMILES string of the molecule is [2H]C([2H])([2H])c1cc(-c2cccc3c2oc2nc(C([2H])(C)C)ccc23)ncc1C([2H])([2H])C([2H])([2H])c1cc(CC(C)(C)c2ccc(-c3ccccc3)nc2)cc(CC(C)(C)c2ccc(-c3ccccc3)nc2)c1. The molecule has 5 aromatic heterocycles. The van der Waals surface area contributed by atoms with Gasteiger partial charge in [-0.1, -0.05) is 145 Å². The van der Waals surface area contributed by atoms with Gasteiger partial charge in [0.05, 0.1) is 17.1 Å². The molecule has 5 heteroatoms. The standard InChI is InChI=1S/C58H56N4O/c1-38(2)51-28-25-49-48-19-14-20-50(55(48)63-56(49)62-51)54-29-39(3)45(35-59-54)22-21-40-30-41(33-57(4,5)46-23-26-52(60-36-46)43-15-10-8-11-16-43)32-42(31-40)34-58(6,7)47-24-27-53(61-37-47)44-17-12-9-13-18-44/h8-20,23-32,35-38H,21-22,33-34H2,1-7H3/i3D3,21D2,22D2,38D. The fourth-order valence-corrected chi connectivity index (χ4v) is 8.41. The van der Waals surface area contributed by atoms with Crippen molar-refractivity contribution < 1.29 is 15.4 Å². The Balaban J connectivity index is 1.11. The van der Waals surface area contributed by atoms with Gasteiger partial charge in [-0.15, -0.1) is 0 Å². The lowest BCUT2D eigenvalue weighted by Crippen LogP contribution is -2.23. The largest absolute Gasteiger partial charge is 0.437 e. The predicted octanol–water partition coefficient (Wildman–Crippen LogP) is 14.4. The molecule has 0 fully saturated rings. The van der Waals surface area contributed by atoms with E-state index in [4.69, 9.17) is 19.9 Å². The van der Waals surface area contributed by atoms with Crippen molar-refractivity contribution >= 4 is 22.1 Å². The monoisotopic (exact) mass is 832 g/mol. The van der Waals surface area contributed by atoms with Gasteiger partial charge in [0.25, 0.3) is 0 Å². The van der Waals surface area contributed by atoms with Gasteiger partial charge in [0.1, 0.15) is 5.58 Å². The summed E-state index contributed by atoms with van der Waals surface area (Å²) in [5, 5.41) is 1.44. The van der Waals surface area contributed by atoms with E-state index in [-0.39, 0.29) is 22.4 Å². The van der Waals surface area contributed by atoms with Gasteiger partial charge < -0.3 is 4.42 Å². The molecule has 0 amide bonds. The molecule has 5 heterocycles. The second-order valence-corrected chi connectivity index (χ2v) is 18.0. The number of furan rings is 1. The van der Waals surface area contributed by atoms with Crippen molar-refractivity contribution in [2.75, 3.05) is 0 Å². The molecular weight excluding hydrogens is 769 g/mol. The summed E-state index contributed by atoms with van der Waals surface area (Å²) in [5.74, 6) is -0.969. The molecule has 314 valence electrons. The van der Waals surface area contributed by atoms with Crippen LogP contribution in [-0.2, 0) is 36.4 Å². The Morgan fingerprint density at radius 2 is 1.17 bits per heavy atom. The summed E-state index contributed by atoms with van der Waals surface area (Å²) in [5.41, 5.74) is 7.57. The van der Waals surface area contributed by atoms with Crippen molar-refractivity contribution in [3.63, 3.8) is 0 Å².